The smallest absolute Gasteiger partial charge is 0.0717 e. The van der Waals surface area contributed by atoms with Gasteiger partial charge in [-0.2, -0.15) is 0 Å². The summed E-state index contributed by atoms with van der Waals surface area (Å²) in [4.78, 5) is 0. The van der Waals surface area contributed by atoms with Crippen LogP contribution in [0.5, 0.6) is 0 Å². The molecule has 0 amide bonds. The fraction of sp³-hybridized carbons (Fsp3) is 0.429. The molecule has 0 radical (unpaired) electrons. The van der Waals surface area contributed by atoms with Gasteiger partial charge in [0.25, 0.3) is 0 Å². The summed E-state index contributed by atoms with van der Waals surface area (Å²) in [5, 5.41) is 0. The van der Waals surface area contributed by atoms with Crippen LogP contribution in [0.25, 0.3) is 11.1 Å². The molecule has 0 aliphatic heterocycles. The van der Waals surface area contributed by atoms with Crippen LogP contribution in [0.2, 0.25) is 0 Å². The van der Waals surface area contributed by atoms with Crippen molar-refractivity contribution in [3.05, 3.63) is 84.0 Å². The van der Waals surface area contributed by atoms with E-state index in [0.717, 1.165) is 24.9 Å². The van der Waals surface area contributed by atoms with Crippen LogP contribution in [0.4, 0.5) is 0 Å². The fourth-order valence-electron chi connectivity index (χ4n) is 4.31. The van der Waals surface area contributed by atoms with Gasteiger partial charge in [-0.25, -0.2) is 0 Å². The standard InChI is InChI=1S/C28H36O/c1-3-5-7-21-29-22-24-11-15-26(16-12-24)28-19-17-27(18-20-28)25-13-9-23(10-14-25)8-6-4-2/h3-6,11-12,15-20,23,25H,7-10,13-14,21-22H2,1-2H3/b5-3+,6-4+/t23-,25-. The first kappa shape index (κ1) is 21.6. The molecule has 2 aromatic rings. The second kappa shape index (κ2) is 11.8. The third-order valence-corrected chi connectivity index (χ3v) is 6.15. The monoisotopic (exact) mass is 388 g/mol. The van der Waals surface area contributed by atoms with E-state index in [-0.39, 0.29) is 0 Å². The molecular formula is C28H36O. The van der Waals surface area contributed by atoms with Crippen LogP contribution in [0, 0.1) is 5.92 Å². The highest BCUT2D eigenvalue weighted by Gasteiger charge is 2.21. The topological polar surface area (TPSA) is 9.23 Å². The minimum atomic E-state index is 0.688. The lowest BCUT2D eigenvalue weighted by Gasteiger charge is -2.28. The summed E-state index contributed by atoms with van der Waals surface area (Å²) in [7, 11) is 0. The molecule has 1 fully saturated rings. The van der Waals surface area contributed by atoms with Gasteiger partial charge in [-0.15, -0.1) is 0 Å². The molecule has 3 rings (SSSR count). The molecule has 1 aliphatic carbocycles. The lowest BCUT2D eigenvalue weighted by molar-refractivity contribution is 0.125. The summed E-state index contributed by atoms with van der Waals surface area (Å²) < 4.78 is 5.72. The Morgan fingerprint density at radius 2 is 1.41 bits per heavy atom. The van der Waals surface area contributed by atoms with E-state index in [2.05, 4.69) is 79.8 Å². The first-order chi connectivity index (χ1) is 14.3. The van der Waals surface area contributed by atoms with Crippen LogP contribution in [-0.2, 0) is 11.3 Å². The maximum absolute atomic E-state index is 5.72. The van der Waals surface area contributed by atoms with E-state index in [9.17, 15) is 0 Å². The predicted molar refractivity (Wildman–Crippen MR) is 125 cm³/mol. The van der Waals surface area contributed by atoms with E-state index in [4.69, 9.17) is 4.74 Å². The Morgan fingerprint density at radius 3 is 2.03 bits per heavy atom. The largest absolute Gasteiger partial charge is 0.376 e. The van der Waals surface area contributed by atoms with E-state index < -0.39 is 0 Å². The molecule has 0 aromatic heterocycles. The Balaban J connectivity index is 1.51. The average Bonchev–Trinajstić information content (AvgIpc) is 2.78. The zero-order chi connectivity index (χ0) is 20.3. The van der Waals surface area contributed by atoms with Crippen molar-refractivity contribution in [1.29, 1.82) is 0 Å². The van der Waals surface area contributed by atoms with E-state index in [0.29, 0.717) is 6.61 Å². The second-order valence-electron chi connectivity index (χ2n) is 8.25. The van der Waals surface area contributed by atoms with Crippen LogP contribution in [0.15, 0.2) is 72.8 Å². The van der Waals surface area contributed by atoms with Crippen molar-refractivity contribution in [2.24, 2.45) is 5.92 Å². The second-order valence-corrected chi connectivity index (χ2v) is 8.25. The molecule has 1 heteroatoms. The maximum Gasteiger partial charge on any atom is 0.0717 e. The summed E-state index contributed by atoms with van der Waals surface area (Å²) in [5.41, 5.74) is 5.34. The molecule has 2 aromatic carbocycles. The Morgan fingerprint density at radius 1 is 0.793 bits per heavy atom. The van der Waals surface area contributed by atoms with Gasteiger partial charge in [-0.05, 0) is 86.5 Å². The Hall–Kier alpha value is -2.12. The van der Waals surface area contributed by atoms with Crippen molar-refractivity contribution in [2.75, 3.05) is 6.61 Å². The third kappa shape index (κ3) is 6.72. The number of allylic oxidation sites excluding steroid dienone is 3. The van der Waals surface area contributed by atoms with Gasteiger partial charge in [0.1, 0.15) is 0 Å². The molecule has 29 heavy (non-hydrogen) atoms. The van der Waals surface area contributed by atoms with Gasteiger partial charge in [0.05, 0.1) is 13.2 Å². The molecule has 0 heterocycles. The first-order valence-electron chi connectivity index (χ1n) is 11.3. The predicted octanol–water partition coefficient (Wildman–Crippen LogP) is 8.08. The highest BCUT2D eigenvalue weighted by atomic mass is 16.5. The van der Waals surface area contributed by atoms with E-state index in [1.54, 1.807) is 0 Å². The van der Waals surface area contributed by atoms with E-state index in [1.165, 1.54) is 54.4 Å². The number of ether oxygens (including phenoxy) is 1. The van der Waals surface area contributed by atoms with Gasteiger partial charge < -0.3 is 4.74 Å². The minimum absolute atomic E-state index is 0.688. The van der Waals surface area contributed by atoms with Crippen LogP contribution < -0.4 is 0 Å². The van der Waals surface area contributed by atoms with Crippen LogP contribution >= 0.6 is 0 Å². The first-order valence-corrected chi connectivity index (χ1v) is 11.3. The van der Waals surface area contributed by atoms with Gasteiger partial charge in [0, 0.05) is 0 Å². The van der Waals surface area contributed by atoms with Gasteiger partial charge in [0.15, 0.2) is 0 Å². The molecule has 1 aliphatic rings. The summed E-state index contributed by atoms with van der Waals surface area (Å²) >= 11 is 0. The Bertz CT molecular complexity index is 759. The van der Waals surface area contributed by atoms with E-state index >= 15 is 0 Å². The molecule has 0 N–H and O–H groups in total. The molecule has 0 bridgehead atoms. The summed E-state index contributed by atoms with van der Waals surface area (Å²) in [5.74, 6) is 1.64. The van der Waals surface area contributed by atoms with Crippen molar-refractivity contribution in [3.63, 3.8) is 0 Å². The normalized spacial score (nSPS) is 19.9. The summed E-state index contributed by atoms with van der Waals surface area (Å²) in [6, 6.07) is 18.1. The van der Waals surface area contributed by atoms with Gasteiger partial charge >= 0.3 is 0 Å². The number of benzene rings is 2. The number of hydrogen-bond acceptors (Lipinski definition) is 1. The SMILES string of the molecule is C/C=C/CCOCc1ccc(-c2ccc([C@H]3CC[C@H](C/C=C/C)CC3)cc2)cc1. The number of rotatable bonds is 9. The lowest BCUT2D eigenvalue weighted by atomic mass is 9.77. The average molecular weight is 389 g/mol. The highest BCUT2D eigenvalue weighted by molar-refractivity contribution is 5.64. The molecule has 0 spiro atoms. The lowest BCUT2D eigenvalue weighted by Crippen LogP contribution is -2.12. The molecule has 154 valence electrons. The summed E-state index contributed by atoms with van der Waals surface area (Å²) in [6.07, 6.45) is 16.4. The van der Waals surface area contributed by atoms with Crippen molar-refractivity contribution >= 4 is 0 Å². The minimum Gasteiger partial charge on any atom is -0.376 e. The fourth-order valence-corrected chi connectivity index (χ4v) is 4.31. The quantitative estimate of drug-likeness (QED) is 0.311. The van der Waals surface area contributed by atoms with Crippen molar-refractivity contribution in [3.8, 4) is 11.1 Å². The van der Waals surface area contributed by atoms with Gasteiger partial charge in [-0.3, -0.25) is 0 Å². The summed E-state index contributed by atoms with van der Waals surface area (Å²) in [6.45, 7) is 5.64. The van der Waals surface area contributed by atoms with Crippen LogP contribution in [0.1, 0.15) is 69.4 Å². The van der Waals surface area contributed by atoms with E-state index in [1.807, 2.05) is 6.92 Å². The van der Waals surface area contributed by atoms with Crippen molar-refractivity contribution in [2.45, 2.75) is 64.9 Å². The zero-order valence-electron chi connectivity index (χ0n) is 18.1. The van der Waals surface area contributed by atoms with Crippen molar-refractivity contribution in [1.82, 2.24) is 0 Å². The third-order valence-electron chi connectivity index (χ3n) is 6.15. The van der Waals surface area contributed by atoms with Crippen LogP contribution in [0.3, 0.4) is 0 Å². The van der Waals surface area contributed by atoms with Gasteiger partial charge in [-0.1, -0.05) is 72.8 Å². The van der Waals surface area contributed by atoms with Crippen molar-refractivity contribution < 1.29 is 4.74 Å². The zero-order valence-corrected chi connectivity index (χ0v) is 18.1. The van der Waals surface area contributed by atoms with Crippen LogP contribution in [-0.4, -0.2) is 6.61 Å². The molecule has 1 saturated carbocycles. The molecule has 0 atom stereocenters. The Kier molecular flexibility index (Phi) is 8.77. The molecule has 1 nitrogen and oxygen atoms in total. The molecule has 0 saturated heterocycles. The highest BCUT2D eigenvalue weighted by Crippen LogP contribution is 2.37. The molecule has 0 unspecified atom stereocenters. The maximum atomic E-state index is 5.72. The molecular weight excluding hydrogens is 352 g/mol. The number of hydrogen-bond donors (Lipinski definition) is 0. The van der Waals surface area contributed by atoms with Gasteiger partial charge in [0.2, 0.25) is 0 Å². The Labute approximate surface area is 177 Å².